The molecular formula is C29H29ClN2O4. The van der Waals surface area contributed by atoms with Crippen LogP contribution in [0.3, 0.4) is 0 Å². The Labute approximate surface area is 216 Å². The molecule has 1 amide bonds. The van der Waals surface area contributed by atoms with Gasteiger partial charge in [0.1, 0.15) is 5.75 Å². The fourth-order valence-electron chi connectivity index (χ4n) is 4.64. The molecule has 6 nitrogen and oxygen atoms in total. The minimum absolute atomic E-state index is 0.227. The number of carbonyl (C=O) groups excluding carboxylic acids is 2. The van der Waals surface area contributed by atoms with Crippen molar-refractivity contribution in [1.82, 2.24) is 4.57 Å². The Kier molecular flexibility index (Phi) is 6.83. The van der Waals surface area contributed by atoms with Gasteiger partial charge in [0, 0.05) is 22.8 Å². The zero-order valence-electron chi connectivity index (χ0n) is 21.5. The third-order valence-electron chi connectivity index (χ3n) is 6.70. The number of nitrogens with zero attached hydrogens (tertiary/aromatic N) is 2. The number of allylic oxidation sites excluding steroid dienone is 1. The molecule has 0 aliphatic carbocycles. The highest BCUT2D eigenvalue weighted by Gasteiger charge is 2.38. The van der Waals surface area contributed by atoms with Crippen molar-refractivity contribution in [2.24, 2.45) is 0 Å². The number of aromatic nitrogens is 1. The highest BCUT2D eigenvalue weighted by molar-refractivity contribution is 6.32. The molecule has 3 aromatic rings. The van der Waals surface area contributed by atoms with Gasteiger partial charge in [-0.15, -0.1) is 0 Å². The van der Waals surface area contributed by atoms with E-state index in [0.29, 0.717) is 22.2 Å². The van der Waals surface area contributed by atoms with Crippen molar-refractivity contribution in [2.45, 2.75) is 34.6 Å². The van der Waals surface area contributed by atoms with Crippen LogP contribution >= 0.6 is 11.6 Å². The summed E-state index contributed by atoms with van der Waals surface area (Å²) in [5.74, 6) is -0.404. The lowest BCUT2D eigenvalue weighted by atomic mass is 10.0. The van der Waals surface area contributed by atoms with Crippen LogP contribution in [0, 0.1) is 27.7 Å². The van der Waals surface area contributed by atoms with E-state index in [1.165, 1.54) is 30.2 Å². The lowest BCUT2D eigenvalue weighted by Gasteiger charge is -2.19. The number of hydrogen-bond acceptors (Lipinski definition) is 4. The average Bonchev–Trinajstić information content (AvgIpc) is 3.26. The number of methoxy groups -OCH3 is 2. The number of esters is 1. The molecular weight excluding hydrogens is 476 g/mol. The van der Waals surface area contributed by atoms with E-state index in [-0.39, 0.29) is 17.1 Å². The molecule has 1 aliphatic rings. The number of benzene rings is 2. The Bertz CT molecular complexity index is 1460. The van der Waals surface area contributed by atoms with E-state index >= 15 is 0 Å². The molecule has 0 saturated heterocycles. The average molecular weight is 505 g/mol. The van der Waals surface area contributed by atoms with Crippen LogP contribution in [0.25, 0.3) is 11.8 Å². The molecule has 1 aliphatic heterocycles. The summed E-state index contributed by atoms with van der Waals surface area (Å²) in [6, 6.07) is 13.4. The van der Waals surface area contributed by atoms with E-state index in [4.69, 9.17) is 21.1 Å². The van der Waals surface area contributed by atoms with Crippen molar-refractivity contribution in [3.8, 4) is 11.4 Å². The van der Waals surface area contributed by atoms with Gasteiger partial charge in [-0.05, 0) is 93.8 Å². The SMILES string of the molecule is COC(=O)C1=C(C)N(c2ccc(OC)c(Cl)c2)C(=O)/C1=C\c1cc(C)n(-c2ccc(C)c(C)c2)c1C. The van der Waals surface area contributed by atoms with E-state index in [1.807, 2.05) is 19.9 Å². The molecule has 186 valence electrons. The minimum Gasteiger partial charge on any atom is -0.495 e. The third-order valence-corrected chi connectivity index (χ3v) is 7.00. The molecule has 0 saturated carbocycles. The number of amides is 1. The molecule has 0 spiro atoms. The molecule has 0 atom stereocenters. The van der Waals surface area contributed by atoms with Crippen LogP contribution in [0.15, 0.2) is 59.3 Å². The van der Waals surface area contributed by atoms with Crippen LogP contribution in [0.5, 0.6) is 5.75 Å². The molecule has 4 rings (SSSR count). The summed E-state index contributed by atoms with van der Waals surface area (Å²) >= 11 is 6.33. The molecule has 2 heterocycles. The number of halogens is 1. The first-order valence-corrected chi connectivity index (χ1v) is 11.9. The molecule has 0 unspecified atom stereocenters. The summed E-state index contributed by atoms with van der Waals surface area (Å²) in [5, 5.41) is 0.365. The Balaban J connectivity index is 1.84. The highest BCUT2D eigenvalue weighted by atomic mass is 35.5. The van der Waals surface area contributed by atoms with Crippen molar-refractivity contribution in [3.05, 3.63) is 92.4 Å². The second-order valence-electron chi connectivity index (χ2n) is 8.90. The maximum atomic E-state index is 13.7. The Morgan fingerprint density at radius 2 is 1.61 bits per heavy atom. The second-order valence-corrected chi connectivity index (χ2v) is 9.31. The van der Waals surface area contributed by atoms with E-state index in [1.54, 1.807) is 31.2 Å². The van der Waals surface area contributed by atoms with Gasteiger partial charge >= 0.3 is 5.97 Å². The highest BCUT2D eigenvalue weighted by Crippen LogP contribution is 2.38. The number of ether oxygens (including phenoxy) is 2. The van der Waals surface area contributed by atoms with E-state index in [2.05, 4.69) is 36.6 Å². The minimum atomic E-state index is -0.572. The van der Waals surface area contributed by atoms with Crippen LogP contribution < -0.4 is 9.64 Å². The fraction of sp³-hybridized carbons (Fsp3) is 0.241. The molecule has 2 aromatic carbocycles. The number of carbonyl (C=O) groups is 2. The molecule has 0 N–H and O–H groups in total. The molecule has 7 heteroatoms. The molecule has 1 aromatic heterocycles. The lowest BCUT2D eigenvalue weighted by Crippen LogP contribution is -2.24. The third kappa shape index (κ3) is 4.22. The maximum absolute atomic E-state index is 13.7. The first-order chi connectivity index (χ1) is 17.1. The van der Waals surface area contributed by atoms with Gasteiger partial charge in [0.2, 0.25) is 0 Å². The molecule has 0 bridgehead atoms. The van der Waals surface area contributed by atoms with E-state index in [9.17, 15) is 9.59 Å². The molecule has 0 radical (unpaired) electrons. The predicted octanol–water partition coefficient (Wildman–Crippen LogP) is 6.25. The van der Waals surface area contributed by atoms with Crippen molar-refractivity contribution in [1.29, 1.82) is 0 Å². The van der Waals surface area contributed by atoms with Crippen LogP contribution in [-0.4, -0.2) is 30.7 Å². The topological polar surface area (TPSA) is 60.8 Å². The van der Waals surface area contributed by atoms with Crippen molar-refractivity contribution < 1.29 is 19.1 Å². The summed E-state index contributed by atoms with van der Waals surface area (Å²) in [6.07, 6.45) is 1.77. The van der Waals surface area contributed by atoms with Crippen LogP contribution in [0.1, 0.15) is 35.0 Å². The van der Waals surface area contributed by atoms with Gasteiger partial charge in [-0.1, -0.05) is 17.7 Å². The summed E-state index contributed by atoms with van der Waals surface area (Å²) < 4.78 is 12.4. The summed E-state index contributed by atoms with van der Waals surface area (Å²) in [5.41, 5.74) is 7.81. The first kappa shape index (κ1) is 25.3. The first-order valence-electron chi connectivity index (χ1n) is 11.5. The van der Waals surface area contributed by atoms with Gasteiger partial charge in [0.05, 0.1) is 36.1 Å². The van der Waals surface area contributed by atoms with Gasteiger partial charge in [-0.2, -0.15) is 0 Å². The largest absolute Gasteiger partial charge is 0.495 e. The van der Waals surface area contributed by atoms with E-state index in [0.717, 1.165) is 22.6 Å². The standard InChI is InChI=1S/C29H29ClN2O4/c1-16-8-9-22(12-17(16)2)31-18(3)13-21(19(31)4)14-24-27(29(34)36-7)20(5)32(28(24)33)23-10-11-26(35-6)25(30)15-23/h8-15H,1-7H3/b24-14-. The summed E-state index contributed by atoms with van der Waals surface area (Å²) in [7, 11) is 2.83. The van der Waals surface area contributed by atoms with Crippen LogP contribution in [0.2, 0.25) is 5.02 Å². The number of hydrogen-bond donors (Lipinski definition) is 0. The molecule has 36 heavy (non-hydrogen) atoms. The van der Waals surface area contributed by atoms with E-state index < -0.39 is 5.97 Å². The Hall–Kier alpha value is -3.77. The zero-order chi connectivity index (χ0) is 26.3. The van der Waals surface area contributed by atoms with Gasteiger partial charge in [-0.25, -0.2) is 4.79 Å². The fourth-order valence-corrected chi connectivity index (χ4v) is 4.89. The van der Waals surface area contributed by atoms with Crippen molar-refractivity contribution >= 4 is 35.2 Å². The zero-order valence-corrected chi connectivity index (χ0v) is 22.3. The summed E-state index contributed by atoms with van der Waals surface area (Å²) in [6.45, 7) is 9.92. The predicted molar refractivity (Wildman–Crippen MR) is 143 cm³/mol. The maximum Gasteiger partial charge on any atom is 0.340 e. The normalized spacial score (nSPS) is 14.7. The molecule has 0 fully saturated rings. The van der Waals surface area contributed by atoms with Gasteiger partial charge in [0.15, 0.2) is 0 Å². The number of aryl methyl sites for hydroxylation is 3. The lowest BCUT2D eigenvalue weighted by molar-refractivity contribution is -0.136. The summed E-state index contributed by atoms with van der Waals surface area (Å²) in [4.78, 5) is 28.0. The van der Waals surface area contributed by atoms with Gasteiger partial charge in [-0.3, -0.25) is 9.69 Å². The van der Waals surface area contributed by atoms with Gasteiger partial charge < -0.3 is 14.0 Å². The van der Waals surface area contributed by atoms with Crippen molar-refractivity contribution in [3.63, 3.8) is 0 Å². The quantitative estimate of drug-likeness (QED) is 0.304. The number of anilines is 1. The smallest absolute Gasteiger partial charge is 0.340 e. The monoisotopic (exact) mass is 504 g/mol. The Morgan fingerprint density at radius 3 is 2.22 bits per heavy atom. The second kappa shape index (κ2) is 9.70. The van der Waals surface area contributed by atoms with Crippen LogP contribution in [0.4, 0.5) is 5.69 Å². The Morgan fingerprint density at radius 1 is 0.917 bits per heavy atom. The van der Waals surface area contributed by atoms with Crippen LogP contribution in [-0.2, 0) is 14.3 Å². The number of rotatable bonds is 5. The van der Waals surface area contributed by atoms with Gasteiger partial charge in [0.25, 0.3) is 5.91 Å². The van der Waals surface area contributed by atoms with Crippen molar-refractivity contribution in [2.75, 3.05) is 19.1 Å².